The van der Waals surface area contributed by atoms with Gasteiger partial charge in [-0.3, -0.25) is 0 Å². The van der Waals surface area contributed by atoms with Crippen LogP contribution >= 0.6 is 0 Å². The topological polar surface area (TPSA) is 29.5 Å². The van der Waals surface area contributed by atoms with Gasteiger partial charge in [0.2, 0.25) is 0 Å². The van der Waals surface area contributed by atoms with E-state index >= 15 is 0 Å². The molecule has 4 aliphatic carbocycles. The fraction of sp³-hybridized carbons (Fsp3) is 1.00. The molecular weight excluding hydrogens is 464 g/mol. The molecule has 0 radical (unpaired) electrons. The highest BCUT2D eigenvalue weighted by atomic mass is 16.5. The Labute approximate surface area is 238 Å². The molecule has 10 atom stereocenters. The first-order valence-corrected chi connectivity index (χ1v) is 17.0. The summed E-state index contributed by atoms with van der Waals surface area (Å²) in [5.74, 6) is 8.62. The summed E-state index contributed by atoms with van der Waals surface area (Å²) in [5, 5.41) is 10.3. The van der Waals surface area contributed by atoms with Crippen LogP contribution in [0.4, 0.5) is 0 Å². The second-order valence-corrected chi connectivity index (χ2v) is 16.4. The number of aliphatic hydroxyl groups is 1. The largest absolute Gasteiger partial charge is 0.393 e. The van der Waals surface area contributed by atoms with Gasteiger partial charge in [-0.05, 0) is 128 Å². The summed E-state index contributed by atoms with van der Waals surface area (Å²) in [5.41, 5.74) is 1.14. The molecule has 0 aromatic rings. The van der Waals surface area contributed by atoms with Crippen LogP contribution in [-0.4, -0.2) is 24.4 Å². The van der Waals surface area contributed by atoms with Crippen LogP contribution in [0.15, 0.2) is 0 Å². The third-order valence-corrected chi connectivity index (χ3v) is 12.5. The first-order valence-electron chi connectivity index (χ1n) is 17.0. The third-order valence-electron chi connectivity index (χ3n) is 12.5. The van der Waals surface area contributed by atoms with Crippen molar-refractivity contribution in [3.8, 4) is 0 Å². The minimum Gasteiger partial charge on any atom is -0.393 e. The molecule has 0 heterocycles. The first-order chi connectivity index (χ1) is 17.8. The van der Waals surface area contributed by atoms with Gasteiger partial charge in [0.25, 0.3) is 0 Å². The van der Waals surface area contributed by atoms with Gasteiger partial charge >= 0.3 is 0 Å². The quantitative estimate of drug-likeness (QED) is 0.320. The minimum atomic E-state index is -0.0107. The van der Waals surface area contributed by atoms with Crippen molar-refractivity contribution in [1.82, 2.24) is 0 Å². The van der Waals surface area contributed by atoms with Gasteiger partial charge < -0.3 is 9.84 Å². The SMILES string of the molecule is CC(C)COCC(C)C.CC(C)[C@@H](C)CC[C@@H](C)[C@H]1CC[C@H]2[C@@H]3CC[C@H]4C[C@@H](O)CC[C@]4(C)[C@H]3CC[C@]12C. The predicted molar refractivity (Wildman–Crippen MR) is 164 cm³/mol. The number of ether oxygens (including phenoxy) is 1. The summed E-state index contributed by atoms with van der Waals surface area (Å²) in [6.45, 7) is 25.7. The van der Waals surface area contributed by atoms with E-state index in [2.05, 4.69) is 69.2 Å². The summed E-state index contributed by atoms with van der Waals surface area (Å²) in [7, 11) is 0. The lowest BCUT2D eigenvalue weighted by molar-refractivity contribution is -0.129. The van der Waals surface area contributed by atoms with Crippen molar-refractivity contribution in [1.29, 1.82) is 0 Å². The summed E-state index contributed by atoms with van der Waals surface area (Å²) in [4.78, 5) is 0. The molecule has 0 amide bonds. The maximum atomic E-state index is 10.3. The Hall–Kier alpha value is -0.0800. The Balaban J connectivity index is 0.000000383. The molecule has 4 fully saturated rings. The van der Waals surface area contributed by atoms with E-state index in [1.54, 1.807) is 0 Å². The molecule has 224 valence electrons. The van der Waals surface area contributed by atoms with Crippen LogP contribution in [-0.2, 0) is 4.74 Å². The van der Waals surface area contributed by atoms with Gasteiger partial charge in [0.05, 0.1) is 6.10 Å². The standard InChI is InChI=1S/C28H50O.C8H18O/c1-18(2)19(3)7-8-20(4)24-11-12-25-23-10-9-21-17-22(29)13-15-27(21,5)26(23)14-16-28(24,25)6;1-7(2)5-9-6-8(3)4/h18-26,29H,7-17H2,1-6H3;7-8H,5-6H2,1-4H3/t19-,20+,21-,22-,23-,24+,25-,26-,27-,28+;/m0./s1. The fourth-order valence-corrected chi connectivity index (χ4v) is 9.81. The zero-order valence-corrected chi connectivity index (χ0v) is 27.4. The summed E-state index contributed by atoms with van der Waals surface area (Å²) in [6, 6.07) is 0. The Morgan fingerprint density at radius 1 is 0.711 bits per heavy atom. The van der Waals surface area contributed by atoms with Gasteiger partial charge in [-0.1, -0.05) is 82.1 Å². The van der Waals surface area contributed by atoms with Crippen LogP contribution in [0, 0.1) is 70.0 Å². The van der Waals surface area contributed by atoms with Crippen molar-refractivity contribution in [3.05, 3.63) is 0 Å². The highest BCUT2D eigenvalue weighted by Crippen LogP contribution is 2.68. The lowest BCUT2D eigenvalue weighted by atomic mass is 9.44. The molecule has 0 spiro atoms. The molecular formula is C36H68O2. The summed E-state index contributed by atoms with van der Waals surface area (Å²) in [6.07, 6.45) is 15.1. The van der Waals surface area contributed by atoms with Gasteiger partial charge in [0, 0.05) is 13.2 Å². The average molecular weight is 533 g/mol. The molecule has 0 aromatic carbocycles. The Morgan fingerprint density at radius 3 is 1.92 bits per heavy atom. The van der Waals surface area contributed by atoms with Crippen LogP contribution < -0.4 is 0 Å². The molecule has 38 heavy (non-hydrogen) atoms. The molecule has 4 rings (SSSR count). The Bertz CT molecular complexity index is 691. The van der Waals surface area contributed by atoms with Gasteiger partial charge in [0.1, 0.15) is 0 Å². The number of fused-ring (bicyclic) bond motifs is 5. The van der Waals surface area contributed by atoms with Crippen LogP contribution in [0.25, 0.3) is 0 Å². The van der Waals surface area contributed by atoms with Crippen molar-refractivity contribution in [2.75, 3.05) is 13.2 Å². The number of rotatable bonds is 9. The predicted octanol–water partition coefficient (Wildman–Crippen LogP) is 10.0. The van der Waals surface area contributed by atoms with E-state index in [9.17, 15) is 5.11 Å². The molecule has 2 nitrogen and oxygen atoms in total. The Kier molecular flexibility index (Phi) is 11.7. The highest BCUT2D eigenvalue weighted by Gasteiger charge is 2.60. The smallest absolute Gasteiger partial charge is 0.0543 e. The normalized spacial score (nSPS) is 40.3. The van der Waals surface area contributed by atoms with E-state index in [1.807, 2.05) is 0 Å². The number of hydrogen-bond donors (Lipinski definition) is 1. The van der Waals surface area contributed by atoms with Gasteiger partial charge in [-0.2, -0.15) is 0 Å². The minimum absolute atomic E-state index is 0.0107. The molecule has 0 bridgehead atoms. The summed E-state index contributed by atoms with van der Waals surface area (Å²) < 4.78 is 5.36. The van der Waals surface area contributed by atoms with Gasteiger partial charge in [-0.15, -0.1) is 0 Å². The molecule has 4 saturated carbocycles. The molecule has 1 N–H and O–H groups in total. The molecule has 0 saturated heterocycles. The van der Waals surface area contributed by atoms with E-state index in [-0.39, 0.29) is 6.10 Å². The number of hydrogen-bond acceptors (Lipinski definition) is 2. The summed E-state index contributed by atoms with van der Waals surface area (Å²) >= 11 is 0. The third kappa shape index (κ3) is 7.40. The molecule has 4 aliphatic rings. The molecule has 0 aromatic heterocycles. The van der Waals surface area contributed by atoms with Crippen molar-refractivity contribution in [2.24, 2.45) is 70.0 Å². The van der Waals surface area contributed by atoms with Crippen molar-refractivity contribution in [3.63, 3.8) is 0 Å². The van der Waals surface area contributed by atoms with E-state index in [0.29, 0.717) is 22.7 Å². The van der Waals surface area contributed by atoms with Crippen molar-refractivity contribution in [2.45, 2.75) is 146 Å². The Morgan fingerprint density at radius 2 is 1.32 bits per heavy atom. The van der Waals surface area contributed by atoms with Crippen molar-refractivity contribution >= 4 is 0 Å². The molecule has 2 heteroatoms. The molecule has 0 aliphatic heterocycles. The van der Waals surface area contributed by atoms with E-state index in [1.165, 1.54) is 57.8 Å². The zero-order chi connectivity index (χ0) is 28.3. The van der Waals surface area contributed by atoms with Crippen LogP contribution in [0.5, 0.6) is 0 Å². The van der Waals surface area contributed by atoms with E-state index < -0.39 is 0 Å². The first kappa shape index (κ1) is 32.4. The zero-order valence-electron chi connectivity index (χ0n) is 27.4. The highest BCUT2D eigenvalue weighted by molar-refractivity contribution is 5.09. The number of aliphatic hydroxyl groups excluding tert-OH is 1. The van der Waals surface area contributed by atoms with Gasteiger partial charge in [-0.25, -0.2) is 0 Å². The maximum absolute atomic E-state index is 10.3. The fourth-order valence-electron chi connectivity index (χ4n) is 9.81. The lowest BCUT2D eigenvalue weighted by Crippen LogP contribution is -2.54. The van der Waals surface area contributed by atoms with Crippen LogP contribution in [0.1, 0.15) is 140 Å². The average Bonchev–Trinajstić information content (AvgIpc) is 3.20. The van der Waals surface area contributed by atoms with Gasteiger partial charge in [0.15, 0.2) is 0 Å². The monoisotopic (exact) mass is 533 g/mol. The van der Waals surface area contributed by atoms with Crippen LogP contribution in [0.3, 0.4) is 0 Å². The van der Waals surface area contributed by atoms with E-state index in [4.69, 9.17) is 4.74 Å². The second kappa shape index (κ2) is 13.7. The maximum Gasteiger partial charge on any atom is 0.0543 e. The second-order valence-electron chi connectivity index (χ2n) is 16.4. The van der Waals surface area contributed by atoms with Crippen LogP contribution in [0.2, 0.25) is 0 Å². The van der Waals surface area contributed by atoms with Crippen molar-refractivity contribution < 1.29 is 9.84 Å². The molecule has 0 unspecified atom stereocenters. The lowest BCUT2D eigenvalue weighted by Gasteiger charge is -2.61. The van der Waals surface area contributed by atoms with E-state index in [0.717, 1.165) is 73.4 Å².